The van der Waals surface area contributed by atoms with Crippen LogP contribution < -0.4 is 10.6 Å². The molecule has 1 aliphatic rings. The molecule has 0 radical (unpaired) electrons. The van der Waals surface area contributed by atoms with E-state index in [1.807, 2.05) is 41.1 Å². The van der Waals surface area contributed by atoms with Crippen LogP contribution in [-0.4, -0.2) is 44.4 Å². The Hall–Kier alpha value is -3.48. The fraction of sp³-hybridized carbons (Fsp3) is 0.367. The highest BCUT2D eigenvalue weighted by molar-refractivity contribution is 8.00. The Kier molecular flexibility index (Phi) is 10.1. The summed E-state index contributed by atoms with van der Waals surface area (Å²) >= 11 is 4.15. The molecule has 2 N–H and O–H groups in total. The molecule has 42 heavy (non-hydrogen) atoms. The number of nitrogens with zero attached hydrogens (tertiary/aromatic N) is 3. The van der Waals surface area contributed by atoms with Gasteiger partial charge in [0.1, 0.15) is 5.00 Å². The van der Waals surface area contributed by atoms with Crippen molar-refractivity contribution in [1.82, 2.24) is 20.1 Å². The maximum Gasteiger partial charge on any atom is 0.341 e. The number of carbonyl (C=O) groups is 3. The van der Waals surface area contributed by atoms with Gasteiger partial charge in [-0.3, -0.25) is 9.59 Å². The number of aromatic nitrogens is 3. The van der Waals surface area contributed by atoms with Gasteiger partial charge < -0.3 is 19.9 Å². The molecule has 0 fully saturated rings. The van der Waals surface area contributed by atoms with Crippen LogP contribution in [0.5, 0.6) is 0 Å². The first-order chi connectivity index (χ1) is 20.4. The highest BCUT2D eigenvalue weighted by Crippen LogP contribution is 2.39. The predicted molar refractivity (Wildman–Crippen MR) is 167 cm³/mol. The van der Waals surface area contributed by atoms with E-state index < -0.39 is 5.25 Å². The highest BCUT2D eigenvalue weighted by Gasteiger charge is 2.29. The fourth-order valence-corrected chi connectivity index (χ4v) is 7.61. The first-order valence-corrected chi connectivity index (χ1v) is 16.6. The van der Waals surface area contributed by atoms with Gasteiger partial charge in [-0.2, -0.15) is 0 Å². The molecule has 2 amide bonds. The van der Waals surface area contributed by atoms with E-state index in [4.69, 9.17) is 4.74 Å². The Bertz CT molecular complexity index is 1530. The summed E-state index contributed by atoms with van der Waals surface area (Å²) in [6.07, 6.45) is 4.55. The normalized spacial score (nSPS) is 13.3. The van der Waals surface area contributed by atoms with Crippen LogP contribution in [0.25, 0.3) is 0 Å². The number of thioether (sulfide) groups is 1. The standard InChI is InChI=1S/C30H33N5O4S3/c1-3-39-29(38)25-21-12-7-8-13-22(21)42-28(25)32-26(36)19(2)41-30-34-33-24(18-31-27(37)23-14-9-17-40-23)35(30)16-15-20-10-5-4-6-11-20/h4-6,9-11,14,17,19H,3,7-8,12-13,15-16,18H2,1-2H3,(H,31,37)(H,32,36)/t19-/m1/s1. The summed E-state index contributed by atoms with van der Waals surface area (Å²) in [6.45, 7) is 4.67. The molecular weight excluding hydrogens is 591 g/mol. The SMILES string of the molecule is CCOC(=O)c1c(NC(=O)[C@@H](C)Sc2nnc(CNC(=O)c3cccs3)n2CCc2ccccc2)sc2c1CCCC2. The van der Waals surface area contributed by atoms with E-state index in [0.717, 1.165) is 48.1 Å². The molecule has 9 nitrogen and oxygen atoms in total. The number of esters is 1. The first kappa shape index (κ1) is 30.0. The molecule has 1 atom stereocenters. The Morgan fingerprint density at radius 1 is 1.10 bits per heavy atom. The Morgan fingerprint density at radius 3 is 2.67 bits per heavy atom. The summed E-state index contributed by atoms with van der Waals surface area (Å²) in [6, 6.07) is 13.7. The third kappa shape index (κ3) is 7.11. The molecule has 220 valence electrons. The Labute approximate surface area is 257 Å². The fourth-order valence-electron chi connectivity index (χ4n) is 4.80. The van der Waals surface area contributed by atoms with Crippen LogP contribution in [0.15, 0.2) is 53.0 Å². The van der Waals surface area contributed by atoms with Crippen LogP contribution in [0, 0.1) is 0 Å². The largest absolute Gasteiger partial charge is 0.462 e. The molecule has 3 aromatic heterocycles. The van der Waals surface area contributed by atoms with Gasteiger partial charge in [-0.25, -0.2) is 4.79 Å². The van der Waals surface area contributed by atoms with Crippen molar-refractivity contribution >= 4 is 57.2 Å². The number of hydrogen-bond acceptors (Lipinski definition) is 9. The van der Waals surface area contributed by atoms with E-state index >= 15 is 0 Å². The first-order valence-electron chi connectivity index (χ1n) is 14.0. The second kappa shape index (κ2) is 14.1. The van der Waals surface area contributed by atoms with Crippen molar-refractivity contribution in [2.45, 2.75) is 69.4 Å². The average molecular weight is 624 g/mol. The average Bonchev–Trinajstić information content (AvgIpc) is 3.74. The molecule has 0 unspecified atom stereocenters. The minimum Gasteiger partial charge on any atom is -0.462 e. The number of nitrogens with one attached hydrogen (secondary N) is 2. The third-order valence-electron chi connectivity index (χ3n) is 6.95. The summed E-state index contributed by atoms with van der Waals surface area (Å²) in [5.74, 6) is -0.168. The van der Waals surface area contributed by atoms with Crippen LogP contribution in [-0.2, 0) is 41.9 Å². The smallest absolute Gasteiger partial charge is 0.341 e. The zero-order valence-electron chi connectivity index (χ0n) is 23.6. The van der Waals surface area contributed by atoms with Gasteiger partial charge >= 0.3 is 5.97 Å². The number of ether oxygens (including phenoxy) is 1. The number of aryl methyl sites for hydroxylation is 2. The van der Waals surface area contributed by atoms with Crippen molar-refractivity contribution in [2.75, 3.05) is 11.9 Å². The van der Waals surface area contributed by atoms with E-state index in [1.165, 1.54) is 34.4 Å². The minimum absolute atomic E-state index is 0.166. The van der Waals surface area contributed by atoms with Crippen molar-refractivity contribution in [3.05, 3.63) is 80.1 Å². The number of amides is 2. The maximum atomic E-state index is 13.4. The molecule has 3 heterocycles. The van der Waals surface area contributed by atoms with E-state index in [0.29, 0.717) is 33.0 Å². The van der Waals surface area contributed by atoms with Crippen molar-refractivity contribution in [2.24, 2.45) is 0 Å². The summed E-state index contributed by atoms with van der Waals surface area (Å²) in [5.41, 5.74) is 2.67. The predicted octanol–water partition coefficient (Wildman–Crippen LogP) is 5.75. The summed E-state index contributed by atoms with van der Waals surface area (Å²) < 4.78 is 7.30. The Balaban J connectivity index is 1.32. The van der Waals surface area contributed by atoms with E-state index in [-0.39, 0.29) is 30.9 Å². The van der Waals surface area contributed by atoms with Gasteiger partial charge in [0.05, 0.1) is 28.8 Å². The molecule has 0 saturated heterocycles. The van der Waals surface area contributed by atoms with Gasteiger partial charge in [0.15, 0.2) is 11.0 Å². The number of rotatable bonds is 12. The zero-order chi connectivity index (χ0) is 29.5. The lowest BCUT2D eigenvalue weighted by Gasteiger charge is -2.15. The van der Waals surface area contributed by atoms with Crippen LogP contribution in [0.3, 0.4) is 0 Å². The summed E-state index contributed by atoms with van der Waals surface area (Å²) in [4.78, 5) is 40.6. The number of thiophene rings is 2. The molecule has 0 bridgehead atoms. The number of hydrogen-bond donors (Lipinski definition) is 2. The molecule has 0 saturated carbocycles. The van der Waals surface area contributed by atoms with Crippen LogP contribution in [0.1, 0.15) is 68.5 Å². The van der Waals surface area contributed by atoms with Crippen molar-refractivity contribution in [1.29, 1.82) is 0 Å². The number of anilines is 1. The van der Waals surface area contributed by atoms with Crippen LogP contribution >= 0.6 is 34.4 Å². The van der Waals surface area contributed by atoms with Crippen molar-refractivity contribution in [3.8, 4) is 0 Å². The monoisotopic (exact) mass is 623 g/mol. The van der Waals surface area contributed by atoms with Gasteiger partial charge in [0, 0.05) is 11.4 Å². The topological polar surface area (TPSA) is 115 Å². The molecule has 1 aliphatic carbocycles. The van der Waals surface area contributed by atoms with Gasteiger partial charge in [-0.15, -0.1) is 32.9 Å². The van der Waals surface area contributed by atoms with Crippen LogP contribution in [0.4, 0.5) is 5.00 Å². The van der Waals surface area contributed by atoms with Gasteiger partial charge in [0.2, 0.25) is 5.91 Å². The quantitative estimate of drug-likeness (QED) is 0.153. The van der Waals surface area contributed by atoms with E-state index in [2.05, 4.69) is 33.0 Å². The Morgan fingerprint density at radius 2 is 1.90 bits per heavy atom. The molecule has 0 spiro atoms. The van der Waals surface area contributed by atoms with Gasteiger partial charge in [0.25, 0.3) is 5.91 Å². The van der Waals surface area contributed by atoms with Gasteiger partial charge in [-0.1, -0.05) is 48.2 Å². The number of fused-ring (bicyclic) bond motifs is 1. The maximum absolute atomic E-state index is 13.4. The molecule has 1 aromatic carbocycles. The molecule has 0 aliphatic heterocycles. The molecule has 4 aromatic rings. The third-order valence-corrected chi connectivity index (χ3v) is 10.1. The van der Waals surface area contributed by atoms with Crippen molar-refractivity contribution in [3.63, 3.8) is 0 Å². The van der Waals surface area contributed by atoms with Crippen LogP contribution in [0.2, 0.25) is 0 Å². The van der Waals surface area contributed by atoms with Crippen molar-refractivity contribution < 1.29 is 19.1 Å². The second-order valence-electron chi connectivity index (χ2n) is 9.83. The molecule has 12 heteroatoms. The minimum atomic E-state index is -0.521. The van der Waals surface area contributed by atoms with E-state index in [1.54, 1.807) is 13.0 Å². The lowest BCUT2D eigenvalue weighted by molar-refractivity contribution is -0.115. The van der Waals surface area contributed by atoms with Gasteiger partial charge in [-0.05, 0) is 68.5 Å². The molecular formula is C30H33N5O4S3. The zero-order valence-corrected chi connectivity index (χ0v) is 26.0. The summed E-state index contributed by atoms with van der Waals surface area (Å²) in [5, 5.41) is 17.2. The highest BCUT2D eigenvalue weighted by atomic mass is 32.2. The molecule has 5 rings (SSSR count). The van der Waals surface area contributed by atoms with E-state index in [9.17, 15) is 14.4 Å². The summed E-state index contributed by atoms with van der Waals surface area (Å²) in [7, 11) is 0. The number of carbonyl (C=O) groups excluding carboxylic acids is 3. The lowest BCUT2D eigenvalue weighted by Crippen LogP contribution is -2.25. The second-order valence-corrected chi connectivity index (χ2v) is 13.2. The lowest BCUT2D eigenvalue weighted by atomic mass is 9.95. The number of benzene rings is 1.